The van der Waals surface area contributed by atoms with Gasteiger partial charge in [0.2, 0.25) is 0 Å². The van der Waals surface area contributed by atoms with E-state index in [1.165, 1.54) is 0 Å². The number of hydrogen-bond donors (Lipinski definition) is 1. The quantitative estimate of drug-likeness (QED) is 0.772. The summed E-state index contributed by atoms with van der Waals surface area (Å²) in [6, 6.07) is 13.1. The van der Waals surface area contributed by atoms with Gasteiger partial charge in [-0.1, -0.05) is 35.9 Å². The van der Waals surface area contributed by atoms with Crippen molar-refractivity contribution in [3.8, 4) is 11.6 Å². The van der Waals surface area contributed by atoms with Gasteiger partial charge >= 0.3 is 0 Å². The maximum absolute atomic E-state index is 11.9. The molecule has 0 aliphatic rings. The van der Waals surface area contributed by atoms with Gasteiger partial charge in [0.15, 0.2) is 6.61 Å². The van der Waals surface area contributed by atoms with Gasteiger partial charge in [-0.25, -0.2) is 9.67 Å². The Kier molecular flexibility index (Phi) is 4.77. The summed E-state index contributed by atoms with van der Waals surface area (Å²) in [6.07, 6.45) is 3.31. The van der Waals surface area contributed by atoms with Crippen LogP contribution < -0.4 is 10.1 Å². The van der Waals surface area contributed by atoms with Crippen LogP contribution in [0.1, 0.15) is 5.56 Å². The van der Waals surface area contributed by atoms with Crippen LogP contribution in [-0.4, -0.2) is 27.3 Å². The van der Waals surface area contributed by atoms with E-state index in [0.29, 0.717) is 10.8 Å². The summed E-state index contributed by atoms with van der Waals surface area (Å²) >= 11 is 6.10. The minimum absolute atomic E-state index is 0.201. The van der Waals surface area contributed by atoms with Crippen LogP contribution in [0.25, 0.3) is 5.69 Å². The van der Waals surface area contributed by atoms with Crippen LogP contribution in [0.5, 0.6) is 5.88 Å². The number of pyridine rings is 1. The second-order valence-electron chi connectivity index (χ2n) is 5.12. The minimum Gasteiger partial charge on any atom is -0.465 e. The Morgan fingerprint density at radius 3 is 2.75 bits per heavy atom. The zero-order valence-electron chi connectivity index (χ0n) is 12.9. The molecule has 0 saturated carbocycles. The van der Waals surface area contributed by atoms with Crippen LogP contribution in [0.4, 0.5) is 5.82 Å². The Labute approximate surface area is 144 Å². The number of carbonyl (C=O) groups is 1. The molecule has 3 rings (SSSR count). The number of aryl methyl sites for hydroxylation is 1. The fourth-order valence-electron chi connectivity index (χ4n) is 2.00. The second-order valence-corrected chi connectivity index (χ2v) is 5.53. The standard InChI is InChI=1S/C17H15ClN4O2/c1-12-7-8-15(19-9-12)20-16(23)11-24-17-14(18)10-22(21-17)13-5-3-2-4-6-13/h2-10H,11H2,1H3,(H,19,20,23). The average molecular weight is 343 g/mol. The van der Waals surface area contributed by atoms with Gasteiger partial charge in [-0.2, -0.15) is 0 Å². The van der Waals surface area contributed by atoms with E-state index in [-0.39, 0.29) is 18.4 Å². The van der Waals surface area contributed by atoms with E-state index in [1.54, 1.807) is 23.1 Å². The molecule has 0 aliphatic heterocycles. The molecule has 0 unspecified atom stereocenters. The van der Waals surface area contributed by atoms with Crippen LogP contribution >= 0.6 is 11.6 Å². The highest BCUT2D eigenvalue weighted by Gasteiger charge is 2.12. The number of halogens is 1. The Balaban J connectivity index is 1.61. The first-order valence-electron chi connectivity index (χ1n) is 7.28. The first-order chi connectivity index (χ1) is 11.6. The van der Waals surface area contributed by atoms with Gasteiger partial charge in [-0.15, -0.1) is 5.10 Å². The highest BCUT2D eigenvalue weighted by molar-refractivity contribution is 6.31. The third-order valence-electron chi connectivity index (χ3n) is 3.18. The van der Waals surface area contributed by atoms with Gasteiger partial charge in [-0.3, -0.25) is 4.79 Å². The Morgan fingerprint density at radius 1 is 1.25 bits per heavy atom. The average Bonchev–Trinajstić information content (AvgIpc) is 2.97. The van der Waals surface area contributed by atoms with Crippen molar-refractivity contribution in [1.29, 1.82) is 0 Å². The molecule has 7 heteroatoms. The minimum atomic E-state index is -0.336. The molecule has 1 aromatic carbocycles. The fourth-order valence-corrected chi connectivity index (χ4v) is 2.19. The summed E-state index contributed by atoms with van der Waals surface area (Å²) in [5.74, 6) is 0.333. The molecule has 0 atom stereocenters. The zero-order chi connectivity index (χ0) is 16.9. The predicted octanol–water partition coefficient (Wildman–Crippen LogP) is 3.25. The lowest BCUT2D eigenvalue weighted by Gasteiger charge is -2.05. The molecular weight excluding hydrogens is 328 g/mol. The number of amides is 1. The number of aromatic nitrogens is 3. The topological polar surface area (TPSA) is 69.0 Å². The summed E-state index contributed by atoms with van der Waals surface area (Å²) in [7, 11) is 0. The molecule has 0 aliphatic carbocycles. The van der Waals surface area contributed by atoms with Crippen molar-refractivity contribution in [3.63, 3.8) is 0 Å². The van der Waals surface area contributed by atoms with E-state index in [4.69, 9.17) is 16.3 Å². The van der Waals surface area contributed by atoms with Crippen molar-refractivity contribution in [2.24, 2.45) is 0 Å². The monoisotopic (exact) mass is 342 g/mol. The van der Waals surface area contributed by atoms with Crippen molar-refractivity contribution in [1.82, 2.24) is 14.8 Å². The summed E-state index contributed by atoms with van der Waals surface area (Å²) in [6.45, 7) is 1.72. The van der Waals surface area contributed by atoms with Gasteiger partial charge in [-0.05, 0) is 30.7 Å². The fraction of sp³-hybridized carbons (Fsp3) is 0.118. The molecule has 0 spiro atoms. The van der Waals surface area contributed by atoms with Crippen LogP contribution in [0.3, 0.4) is 0 Å². The van der Waals surface area contributed by atoms with Crippen LogP contribution in [0.15, 0.2) is 54.9 Å². The third-order valence-corrected chi connectivity index (χ3v) is 3.44. The number of carbonyl (C=O) groups excluding carboxylic acids is 1. The van der Waals surface area contributed by atoms with Crippen molar-refractivity contribution < 1.29 is 9.53 Å². The van der Waals surface area contributed by atoms with Crippen molar-refractivity contribution in [2.75, 3.05) is 11.9 Å². The van der Waals surface area contributed by atoms with Gasteiger partial charge in [0, 0.05) is 6.20 Å². The maximum Gasteiger partial charge on any atom is 0.263 e. The zero-order valence-corrected chi connectivity index (χ0v) is 13.7. The molecule has 3 aromatic rings. The second kappa shape index (κ2) is 7.14. The number of anilines is 1. The highest BCUT2D eigenvalue weighted by atomic mass is 35.5. The molecule has 1 N–H and O–H groups in total. The number of hydrogen-bond acceptors (Lipinski definition) is 4. The van der Waals surface area contributed by atoms with Gasteiger partial charge in [0.05, 0.1) is 11.9 Å². The molecule has 1 amide bonds. The van der Waals surface area contributed by atoms with E-state index < -0.39 is 0 Å². The van der Waals surface area contributed by atoms with Crippen molar-refractivity contribution in [2.45, 2.75) is 6.92 Å². The van der Waals surface area contributed by atoms with E-state index in [0.717, 1.165) is 11.3 Å². The number of ether oxygens (including phenoxy) is 1. The molecule has 0 radical (unpaired) electrons. The van der Waals surface area contributed by atoms with Gasteiger partial charge in [0.25, 0.3) is 11.8 Å². The maximum atomic E-state index is 11.9. The number of nitrogens with one attached hydrogen (secondary N) is 1. The van der Waals surface area contributed by atoms with E-state index in [1.807, 2.05) is 43.3 Å². The number of nitrogens with zero attached hydrogens (tertiary/aromatic N) is 3. The summed E-state index contributed by atoms with van der Waals surface area (Å²) < 4.78 is 6.99. The molecular formula is C17H15ClN4O2. The first kappa shape index (κ1) is 16.0. The van der Waals surface area contributed by atoms with Crippen molar-refractivity contribution >= 4 is 23.3 Å². The van der Waals surface area contributed by atoms with E-state index >= 15 is 0 Å². The normalized spacial score (nSPS) is 10.4. The lowest BCUT2D eigenvalue weighted by Crippen LogP contribution is -2.21. The van der Waals surface area contributed by atoms with Crippen LogP contribution in [-0.2, 0) is 4.79 Å². The Bertz CT molecular complexity index is 832. The SMILES string of the molecule is Cc1ccc(NC(=O)COc2nn(-c3ccccc3)cc2Cl)nc1. The Hall–Kier alpha value is -2.86. The molecule has 6 nitrogen and oxygen atoms in total. The summed E-state index contributed by atoms with van der Waals surface area (Å²) in [4.78, 5) is 16.0. The lowest BCUT2D eigenvalue weighted by atomic mass is 10.3. The molecule has 0 saturated heterocycles. The smallest absolute Gasteiger partial charge is 0.263 e. The van der Waals surface area contributed by atoms with Crippen LogP contribution in [0, 0.1) is 6.92 Å². The largest absolute Gasteiger partial charge is 0.465 e. The first-order valence-corrected chi connectivity index (χ1v) is 7.65. The Morgan fingerprint density at radius 2 is 2.04 bits per heavy atom. The lowest BCUT2D eigenvalue weighted by molar-refractivity contribution is -0.118. The summed E-state index contributed by atoms with van der Waals surface area (Å²) in [5, 5.41) is 7.22. The van der Waals surface area contributed by atoms with Crippen LogP contribution in [0.2, 0.25) is 5.02 Å². The molecule has 2 heterocycles. The number of para-hydroxylation sites is 1. The van der Waals surface area contributed by atoms with E-state index in [9.17, 15) is 4.79 Å². The van der Waals surface area contributed by atoms with Gasteiger partial charge in [0.1, 0.15) is 10.8 Å². The van der Waals surface area contributed by atoms with Gasteiger partial charge < -0.3 is 10.1 Å². The predicted molar refractivity (Wildman–Crippen MR) is 91.7 cm³/mol. The highest BCUT2D eigenvalue weighted by Crippen LogP contribution is 2.23. The number of benzene rings is 1. The third kappa shape index (κ3) is 3.91. The molecule has 24 heavy (non-hydrogen) atoms. The molecule has 2 aromatic heterocycles. The van der Waals surface area contributed by atoms with E-state index in [2.05, 4.69) is 15.4 Å². The molecule has 0 bridgehead atoms. The molecule has 122 valence electrons. The van der Waals surface area contributed by atoms with Crippen molar-refractivity contribution in [3.05, 3.63) is 65.4 Å². The number of rotatable bonds is 5. The molecule has 0 fully saturated rings. The summed E-state index contributed by atoms with van der Waals surface area (Å²) in [5.41, 5.74) is 1.87.